The number of fused-ring (bicyclic) bond motifs is 3. The van der Waals surface area contributed by atoms with Crippen LogP contribution in [0.5, 0.6) is 0 Å². The zero-order chi connectivity index (χ0) is 17.0. The second-order valence-electron chi connectivity index (χ2n) is 6.88. The van der Waals surface area contributed by atoms with Crippen molar-refractivity contribution < 1.29 is 28.6 Å². The first-order chi connectivity index (χ1) is 10.6. The van der Waals surface area contributed by atoms with E-state index in [0.29, 0.717) is 0 Å². The Labute approximate surface area is 133 Å². The molecule has 0 amide bonds. The lowest BCUT2D eigenvalue weighted by molar-refractivity contribution is -0.489. The van der Waals surface area contributed by atoms with Crippen molar-refractivity contribution >= 4 is 0 Å². The smallest absolute Gasteiger partial charge is 0.222 e. The Morgan fingerprint density at radius 1 is 1.09 bits per heavy atom. The lowest BCUT2D eigenvalue weighted by Gasteiger charge is -2.38. The largest absolute Gasteiger partial charge is 0.342 e. The van der Waals surface area contributed by atoms with Gasteiger partial charge in [0.05, 0.1) is 6.07 Å². The second-order valence-corrected chi connectivity index (χ2v) is 6.88. The van der Waals surface area contributed by atoms with E-state index in [2.05, 4.69) is 0 Å². The van der Waals surface area contributed by atoms with Crippen molar-refractivity contribution in [1.82, 2.24) is 0 Å². The molecule has 23 heavy (non-hydrogen) atoms. The molecule has 0 radical (unpaired) electrons. The minimum atomic E-state index is -0.969. The highest BCUT2D eigenvalue weighted by Crippen LogP contribution is 2.45. The van der Waals surface area contributed by atoms with Gasteiger partial charge in [-0.05, 0) is 27.7 Å². The van der Waals surface area contributed by atoms with Gasteiger partial charge in [-0.25, -0.2) is 0 Å². The lowest BCUT2D eigenvalue weighted by atomic mass is 9.90. The summed E-state index contributed by atoms with van der Waals surface area (Å²) in [5.74, 6) is -2.73. The van der Waals surface area contributed by atoms with Gasteiger partial charge in [0, 0.05) is 4.92 Å². The molecule has 0 bridgehead atoms. The molecule has 3 fully saturated rings. The molecule has 0 saturated carbocycles. The Morgan fingerprint density at radius 2 is 1.65 bits per heavy atom. The third-order valence-electron chi connectivity index (χ3n) is 4.10. The van der Waals surface area contributed by atoms with Crippen LogP contribution < -0.4 is 0 Å². The molecular formula is C14H20N2O7. The van der Waals surface area contributed by atoms with E-state index in [1.807, 2.05) is 6.07 Å². The number of ether oxygens (including phenoxy) is 5. The van der Waals surface area contributed by atoms with Gasteiger partial charge in [-0.3, -0.25) is 10.1 Å². The summed E-state index contributed by atoms with van der Waals surface area (Å²) >= 11 is 0. The molecule has 6 atom stereocenters. The molecule has 0 unspecified atom stereocenters. The van der Waals surface area contributed by atoms with Crippen LogP contribution in [0.1, 0.15) is 27.7 Å². The maximum Gasteiger partial charge on any atom is 0.222 e. The highest BCUT2D eigenvalue weighted by atomic mass is 16.9. The molecule has 0 aromatic carbocycles. The summed E-state index contributed by atoms with van der Waals surface area (Å²) in [6.45, 7) is 6.45. The SMILES string of the molecule is CC1(C)O[C@@H]2[C@H](O1)[C@H]1OC(C)(C)O[C@H]1O[C@@H]2[C@H](C#N)C[N+](=O)[O-]. The van der Waals surface area contributed by atoms with Crippen LogP contribution in [0.4, 0.5) is 0 Å². The van der Waals surface area contributed by atoms with Crippen LogP contribution in [-0.2, 0) is 23.7 Å². The Bertz CT molecular complexity index is 544. The minimum absolute atomic E-state index is 0.511. The predicted molar refractivity (Wildman–Crippen MR) is 73.5 cm³/mol. The standard InChI is InChI=1S/C14H20N2O7/c1-13(2)20-9-8(7(5-15)6-16(17)18)19-12-11(10(9)21-13)22-14(3,4)23-12/h7-12H,6H2,1-4H3/t7-,8-,9+,10+,11-,12-/m1/s1. The molecule has 0 spiro atoms. The fourth-order valence-electron chi connectivity index (χ4n) is 3.35. The van der Waals surface area contributed by atoms with E-state index in [1.165, 1.54) is 0 Å². The van der Waals surface area contributed by atoms with Gasteiger partial charge in [0.1, 0.15) is 30.3 Å². The van der Waals surface area contributed by atoms with Gasteiger partial charge in [0.2, 0.25) is 6.54 Å². The quantitative estimate of drug-likeness (QED) is 0.552. The molecule has 0 aromatic heterocycles. The molecule has 3 rings (SSSR count). The number of nitrogens with zero attached hydrogens (tertiary/aromatic N) is 2. The molecule has 3 heterocycles. The van der Waals surface area contributed by atoms with Crippen molar-refractivity contribution in [2.75, 3.05) is 6.54 Å². The summed E-state index contributed by atoms with van der Waals surface area (Å²) in [6.07, 6.45) is -3.23. The summed E-state index contributed by atoms with van der Waals surface area (Å²) in [4.78, 5) is 10.3. The number of nitro groups is 1. The van der Waals surface area contributed by atoms with Crippen LogP contribution in [0, 0.1) is 27.4 Å². The summed E-state index contributed by atoms with van der Waals surface area (Å²) in [5.41, 5.74) is 0. The maximum absolute atomic E-state index is 10.8. The Hall–Kier alpha value is -1.31. The molecule has 3 aliphatic rings. The van der Waals surface area contributed by atoms with Gasteiger partial charge in [-0.1, -0.05) is 0 Å². The minimum Gasteiger partial charge on any atom is -0.342 e. The normalized spacial score (nSPS) is 41.6. The summed E-state index contributed by atoms with van der Waals surface area (Å²) in [5, 5.41) is 20.2. The van der Waals surface area contributed by atoms with Crippen molar-refractivity contribution in [1.29, 1.82) is 5.26 Å². The molecule has 3 aliphatic heterocycles. The zero-order valence-electron chi connectivity index (χ0n) is 13.4. The highest BCUT2D eigenvalue weighted by Gasteiger charge is 2.62. The van der Waals surface area contributed by atoms with Gasteiger partial charge in [-0.2, -0.15) is 5.26 Å². The van der Waals surface area contributed by atoms with Crippen LogP contribution in [0.15, 0.2) is 0 Å². The van der Waals surface area contributed by atoms with Crippen molar-refractivity contribution in [3.8, 4) is 6.07 Å². The van der Waals surface area contributed by atoms with Gasteiger partial charge in [-0.15, -0.1) is 0 Å². The van der Waals surface area contributed by atoms with Crippen LogP contribution in [0.3, 0.4) is 0 Å². The number of nitriles is 1. The Balaban J connectivity index is 1.89. The molecule has 128 valence electrons. The fourth-order valence-corrected chi connectivity index (χ4v) is 3.35. The first kappa shape index (κ1) is 16.5. The van der Waals surface area contributed by atoms with Gasteiger partial charge in [0.25, 0.3) is 0 Å². The lowest BCUT2D eigenvalue weighted by Crippen LogP contribution is -2.57. The van der Waals surface area contributed by atoms with E-state index in [0.717, 1.165) is 0 Å². The number of rotatable bonds is 3. The van der Waals surface area contributed by atoms with Gasteiger partial charge < -0.3 is 23.7 Å². The molecule has 3 saturated heterocycles. The second kappa shape index (κ2) is 5.36. The van der Waals surface area contributed by atoms with E-state index in [-0.39, 0.29) is 0 Å². The van der Waals surface area contributed by atoms with E-state index >= 15 is 0 Å². The van der Waals surface area contributed by atoms with E-state index in [1.54, 1.807) is 27.7 Å². The van der Waals surface area contributed by atoms with Crippen molar-refractivity contribution in [2.24, 2.45) is 5.92 Å². The first-order valence-corrected chi connectivity index (χ1v) is 7.50. The van der Waals surface area contributed by atoms with Gasteiger partial charge >= 0.3 is 0 Å². The predicted octanol–water partition coefficient (Wildman–Crippen LogP) is 0.799. The zero-order valence-corrected chi connectivity index (χ0v) is 13.4. The summed E-state index contributed by atoms with van der Waals surface area (Å²) in [6, 6.07) is 1.95. The topological polar surface area (TPSA) is 113 Å². The molecule has 0 aliphatic carbocycles. The summed E-state index contributed by atoms with van der Waals surface area (Å²) < 4.78 is 29.1. The third kappa shape index (κ3) is 3.05. The number of hydrogen-bond donors (Lipinski definition) is 0. The monoisotopic (exact) mass is 328 g/mol. The van der Waals surface area contributed by atoms with E-state index in [9.17, 15) is 15.4 Å². The molecule has 9 heteroatoms. The number of hydrogen-bond acceptors (Lipinski definition) is 8. The molecule has 0 N–H and O–H groups in total. The Kier molecular flexibility index (Phi) is 3.85. The summed E-state index contributed by atoms with van der Waals surface area (Å²) in [7, 11) is 0. The van der Waals surface area contributed by atoms with E-state index in [4.69, 9.17) is 23.7 Å². The Morgan fingerprint density at radius 3 is 2.26 bits per heavy atom. The van der Waals surface area contributed by atoms with Crippen molar-refractivity contribution in [3.05, 3.63) is 10.1 Å². The van der Waals surface area contributed by atoms with Crippen LogP contribution in [0.25, 0.3) is 0 Å². The van der Waals surface area contributed by atoms with Gasteiger partial charge in [0.15, 0.2) is 17.9 Å². The van der Waals surface area contributed by atoms with Crippen molar-refractivity contribution in [2.45, 2.75) is 70.0 Å². The molecule has 0 aromatic rings. The fraction of sp³-hybridized carbons (Fsp3) is 0.929. The van der Waals surface area contributed by atoms with E-state index < -0.39 is 59.7 Å². The molecular weight excluding hydrogens is 308 g/mol. The molecule has 9 nitrogen and oxygen atoms in total. The average Bonchev–Trinajstić information content (AvgIpc) is 2.89. The first-order valence-electron chi connectivity index (χ1n) is 7.50. The van der Waals surface area contributed by atoms with Crippen LogP contribution in [-0.4, -0.2) is 53.7 Å². The van der Waals surface area contributed by atoms with Crippen LogP contribution in [0.2, 0.25) is 0 Å². The van der Waals surface area contributed by atoms with Crippen LogP contribution >= 0.6 is 0 Å². The van der Waals surface area contributed by atoms with Crippen molar-refractivity contribution in [3.63, 3.8) is 0 Å². The highest BCUT2D eigenvalue weighted by molar-refractivity contribution is 5.05. The third-order valence-corrected chi connectivity index (χ3v) is 4.10. The average molecular weight is 328 g/mol. The maximum atomic E-state index is 10.8.